The van der Waals surface area contributed by atoms with E-state index in [4.69, 9.17) is 0 Å². The molecule has 0 aliphatic rings. The van der Waals surface area contributed by atoms with Crippen LogP contribution >= 0.6 is 7.92 Å². The molecule has 0 fully saturated rings. The summed E-state index contributed by atoms with van der Waals surface area (Å²) < 4.78 is 48.7. The summed E-state index contributed by atoms with van der Waals surface area (Å²) in [5.74, 6) is 0. The molecular formula is C42H39N2O3PS2. The second-order valence-electron chi connectivity index (χ2n) is 13.2. The van der Waals surface area contributed by atoms with Crippen LogP contribution in [0.5, 0.6) is 0 Å². The van der Waals surface area contributed by atoms with Crippen LogP contribution in [0.2, 0.25) is 0 Å². The third-order valence-electron chi connectivity index (χ3n) is 8.90. The predicted molar refractivity (Wildman–Crippen MR) is 211 cm³/mol. The van der Waals surface area contributed by atoms with E-state index >= 15 is 0 Å². The maximum Gasteiger partial charge on any atom is 0.268 e. The van der Waals surface area contributed by atoms with E-state index in [2.05, 4.69) is 53.3 Å². The standard InChI is InChI=1S/C42H39N2O3PS2/c1-42(2,3)49(45)43-41(36-28-17-19-31-18-13-14-26-35(31)36)40-37-27-15-16-29-38(37)44(50(46,47)34-24-11-6-12-25-34)39(40)30-48(32-20-7-4-8-21-32)33-22-9-5-10-23-33/h4-29,41,43H,30H2,1-3H3/t41-,49+/m0/s1. The Kier molecular flexibility index (Phi) is 9.60. The normalized spacial score (nSPS) is 13.5. The van der Waals surface area contributed by atoms with E-state index in [1.165, 1.54) is 0 Å². The third kappa shape index (κ3) is 6.59. The molecule has 0 bridgehead atoms. The molecule has 252 valence electrons. The molecule has 5 nitrogen and oxygen atoms in total. The lowest BCUT2D eigenvalue weighted by Crippen LogP contribution is -2.36. The molecule has 0 saturated heterocycles. The summed E-state index contributed by atoms with van der Waals surface area (Å²) >= 11 is 0. The van der Waals surface area contributed by atoms with E-state index in [0.717, 1.165) is 37.9 Å². The van der Waals surface area contributed by atoms with Crippen LogP contribution in [0.15, 0.2) is 163 Å². The first-order valence-electron chi connectivity index (χ1n) is 16.6. The zero-order chi connectivity index (χ0) is 34.9. The zero-order valence-electron chi connectivity index (χ0n) is 28.2. The summed E-state index contributed by atoms with van der Waals surface area (Å²) in [6.45, 7) is 5.85. The van der Waals surface area contributed by atoms with Gasteiger partial charge in [-0.2, -0.15) is 0 Å². The number of hydrogen-bond donors (Lipinski definition) is 1. The fourth-order valence-electron chi connectivity index (χ4n) is 6.49. The topological polar surface area (TPSA) is 68.2 Å². The van der Waals surface area contributed by atoms with Gasteiger partial charge in [0, 0.05) is 22.8 Å². The predicted octanol–water partition coefficient (Wildman–Crippen LogP) is 8.81. The molecule has 50 heavy (non-hydrogen) atoms. The number of rotatable bonds is 10. The average molecular weight is 715 g/mol. The minimum Gasteiger partial charge on any atom is -0.242 e. The highest BCUT2D eigenvalue weighted by molar-refractivity contribution is 7.90. The van der Waals surface area contributed by atoms with Gasteiger partial charge in [-0.3, -0.25) is 0 Å². The van der Waals surface area contributed by atoms with Crippen molar-refractivity contribution in [2.24, 2.45) is 0 Å². The second-order valence-corrected chi connectivity index (χ2v) is 19.2. The summed E-state index contributed by atoms with van der Waals surface area (Å²) in [5.41, 5.74) is 3.01. The zero-order valence-corrected chi connectivity index (χ0v) is 30.8. The van der Waals surface area contributed by atoms with Crippen molar-refractivity contribution < 1.29 is 12.6 Å². The summed E-state index contributed by atoms with van der Waals surface area (Å²) in [6, 6.07) is 50.8. The van der Waals surface area contributed by atoms with Gasteiger partial charge in [-0.05, 0) is 73.8 Å². The Morgan fingerprint density at radius 2 is 1.18 bits per heavy atom. The van der Waals surface area contributed by atoms with Crippen molar-refractivity contribution in [3.05, 3.63) is 175 Å². The molecule has 0 aliphatic carbocycles. The molecule has 1 aromatic heterocycles. The Morgan fingerprint density at radius 3 is 1.80 bits per heavy atom. The summed E-state index contributed by atoms with van der Waals surface area (Å²) in [6.07, 6.45) is 0.435. The van der Waals surface area contributed by atoms with Gasteiger partial charge in [0.2, 0.25) is 0 Å². The van der Waals surface area contributed by atoms with Crippen LogP contribution in [0.3, 0.4) is 0 Å². The van der Waals surface area contributed by atoms with Crippen molar-refractivity contribution in [1.82, 2.24) is 8.69 Å². The van der Waals surface area contributed by atoms with Gasteiger partial charge in [0.1, 0.15) is 0 Å². The highest BCUT2D eigenvalue weighted by atomic mass is 32.2. The molecule has 1 heterocycles. The minimum atomic E-state index is -4.08. The van der Waals surface area contributed by atoms with Gasteiger partial charge in [-0.1, -0.05) is 140 Å². The number of para-hydroxylation sites is 1. The Labute approximate surface area is 298 Å². The molecule has 0 saturated carbocycles. The lowest BCUT2D eigenvalue weighted by Gasteiger charge is -2.28. The molecule has 0 spiro atoms. The number of hydrogen-bond acceptors (Lipinski definition) is 3. The van der Waals surface area contributed by atoms with Crippen molar-refractivity contribution in [2.45, 2.75) is 42.6 Å². The van der Waals surface area contributed by atoms with E-state index in [-0.39, 0.29) is 4.90 Å². The molecule has 8 heteroatoms. The SMILES string of the molecule is CC(C)(C)[S@@](=O)N[C@@H](c1cccc2ccccc12)c1c(CP(c2ccccc2)c2ccccc2)n(S(=O)(=O)c2ccccc2)c2ccccc12. The third-order valence-corrected chi connectivity index (χ3v) is 14.7. The summed E-state index contributed by atoms with van der Waals surface area (Å²) in [5, 5.41) is 5.15. The van der Waals surface area contributed by atoms with Crippen LogP contribution < -0.4 is 15.3 Å². The van der Waals surface area contributed by atoms with Gasteiger partial charge in [-0.15, -0.1) is 0 Å². The van der Waals surface area contributed by atoms with Crippen LogP contribution in [0.1, 0.15) is 43.6 Å². The van der Waals surface area contributed by atoms with E-state index in [9.17, 15) is 12.6 Å². The molecule has 0 aliphatic heterocycles. The largest absolute Gasteiger partial charge is 0.268 e. The first-order valence-corrected chi connectivity index (χ1v) is 20.7. The molecule has 0 unspecified atom stereocenters. The molecule has 1 N–H and O–H groups in total. The van der Waals surface area contributed by atoms with Gasteiger partial charge < -0.3 is 0 Å². The van der Waals surface area contributed by atoms with Gasteiger partial charge in [0.25, 0.3) is 10.0 Å². The van der Waals surface area contributed by atoms with Gasteiger partial charge in [-0.25, -0.2) is 21.3 Å². The van der Waals surface area contributed by atoms with Crippen molar-refractivity contribution in [3.63, 3.8) is 0 Å². The van der Waals surface area contributed by atoms with Gasteiger partial charge >= 0.3 is 0 Å². The molecule has 0 amide bonds. The van der Waals surface area contributed by atoms with E-state index in [1.54, 1.807) is 28.2 Å². The lowest BCUT2D eigenvalue weighted by molar-refractivity contribution is 0.587. The molecule has 7 aromatic rings. The average Bonchev–Trinajstić information content (AvgIpc) is 3.47. The first-order chi connectivity index (χ1) is 24.1. The maximum atomic E-state index is 15.0. The van der Waals surface area contributed by atoms with Gasteiger partial charge in [0.05, 0.1) is 32.2 Å². The Balaban J connectivity index is 1.59. The second kappa shape index (κ2) is 14.1. The Hall–Kier alpha value is -4.39. The smallest absolute Gasteiger partial charge is 0.242 e. The maximum absolute atomic E-state index is 15.0. The number of benzene rings is 6. The number of nitrogens with one attached hydrogen (secondary N) is 1. The number of nitrogens with zero attached hydrogens (tertiary/aromatic N) is 1. The number of fused-ring (bicyclic) bond motifs is 2. The molecule has 2 atom stereocenters. The highest BCUT2D eigenvalue weighted by Gasteiger charge is 2.35. The molecule has 0 radical (unpaired) electrons. The molecule has 7 rings (SSSR count). The van der Waals surface area contributed by atoms with Crippen molar-refractivity contribution in [2.75, 3.05) is 0 Å². The quantitative estimate of drug-likeness (QED) is 0.144. The Bertz CT molecular complexity index is 2360. The monoisotopic (exact) mass is 714 g/mol. The van der Waals surface area contributed by atoms with Crippen molar-refractivity contribution in [1.29, 1.82) is 0 Å². The van der Waals surface area contributed by atoms with E-state index in [0.29, 0.717) is 17.4 Å². The van der Waals surface area contributed by atoms with E-state index in [1.807, 2.05) is 106 Å². The van der Waals surface area contributed by atoms with Crippen LogP contribution in [0.4, 0.5) is 0 Å². The molecular weight excluding hydrogens is 676 g/mol. The van der Waals surface area contributed by atoms with Crippen molar-refractivity contribution >= 4 is 61.2 Å². The Morgan fingerprint density at radius 1 is 0.660 bits per heavy atom. The lowest BCUT2D eigenvalue weighted by atomic mass is 9.92. The first kappa shape index (κ1) is 34.1. The summed E-state index contributed by atoms with van der Waals surface area (Å²) in [4.78, 5) is 0.213. The molecule has 6 aromatic carbocycles. The summed E-state index contributed by atoms with van der Waals surface area (Å²) in [7, 11) is -6.65. The minimum absolute atomic E-state index is 0.213. The van der Waals surface area contributed by atoms with Crippen LogP contribution in [0, 0.1) is 0 Å². The number of aromatic nitrogens is 1. The van der Waals surface area contributed by atoms with Crippen LogP contribution in [-0.2, 0) is 27.2 Å². The van der Waals surface area contributed by atoms with E-state index < -0.39 is 39.7 Å². The fraction of sp³-hybridized carbons (Fsp3) is 0.143. The van der Waals surface area contributed by atoms with Crippen LogP contribution in [0.25, 0.3) is 21.7 Å². The van der Waals surface area contributed by atoms with Gasteiger partial charge in [0.15, 0.2) is 0 Å². The fourth-order valence-corrected chi connectivity index (χ4v) is 11.3. The van der Waals surface area contributed by atoms with Crippen LogP contribution in [-0.4, -0.2) is 21.3 Å². The highest BCUT2D eigenvalue weighted by Crippen LogP contribution is 2.46. The van der Waals surface area contributed by atoms with Crippen molar-refractivity contribution in [3.8, 4) is 0 Å².